The van der Waals surface area contributed by atoms with E-state index in [1.165, 1.54) is 11.1 Å². The van der Waals surface area contributed by atoms with Crippen LogP contribution in [-0.2, 0) is 13.1 Å². The summed E-state index contributed by atoms with van der Waals surface area (Å²) in [6.45, 7) is 8.77. The first-order valence-electron chi connectivity index (χ1n) is 6.11. The molecule has 0 bridgehead atoms. The zero-order valence-electron chi connectivity index (χ0n) is 11.0. The molecular weight excluding hydrogens is 196 g/mol. The average Bonchev–Trinajstić information content (AvgIpc) is 2.27. The van der Waals surface area contributed by atoms with Crippen LogP contribution in [0.5, 0.6) is 0 Å². The fourth-order valence-corrected chi connectivity index (χ4v) is 1.89. The van der Waals surface area contributed by atoms with E-state index in [2.05, 4.69) is 62.0 Å². The molecule has 1 rings (SSSR count). The van der Waals surface area contributed by atoms with Crippen molar-refractivity contribution >= 4 is 0 Å². The predicted octanol–water partition coefficient (Wildman–Crippen LogP) is 2.59. The van der Waals surface area contributed by atoms with Crippen molar-refractivity contribution in [2.75, 3.05) is 27.2 Å². The quantitative estimate of drug-likeness (QED) is 0.727. The van der Waals surface area contributed by atoms with Gasteiger partial charge in [-0.2, -0.15) is 0 Å². The number of rotatable bonds is 6. The largest absolute Gasteiger partial charge is 0.305 e. The minimum absolute atomic E-state index is 1.03. The minimum Gasteiger partial charge on any atom is -0.305 e. The Bertz CT molecular complexity index is 303. The highest BCUT2D eigenvalue weighted by atomic mass is 15.1. The van der Waals surface area contributed by atoms with Crippen LogP contribution in [0, 0.1) is 0 Å². The molecule has 0 aliphatic carbocycles. The number of benzene rings is 1. The highest BCUT2D eigenvalue weighted by Gasteiger charge is 2.06. The first kappa shape index (κ1) is 13.2. The lowest BCUT2D eigenvalue weighted by molar-refractivity contribution is 0.293. The second-order valence-corrected chi connectivity index (χ2v) is 4.47. The third-order valence-corrected chi connectivity index (χ3v) is 2.89. The second-order valence-electron chi connectivity index (χ2n) is 4.47. The maximum atomic E-state index is 2.45. The molecule has 90 valence electrons. The lowest BCUT2D eigenvalue weighted by Crippen LogP contribution is -2.23. The highest BCUT2D eigenvalue weighted by molar-refractivity contribution is 5.26. The van der Waals surface area contributed by atoms with E-state index >= 15 is 0 Å². The van der Waals surface area contributed by atoms with E-state index in [-0.39, 0.29) is 0 Å². The van der Waals surface area contributed by atoms with E-state index in [0.717, 1.165) is 26.2 Å². The molecule has 0 N–H and O–H groups in total. The number of hydrogen-bond donors (Lipinski definition) is 0. The van der Waals surface area contributed by atoms with Crippen molar-refractivity contribution in [2.24, 2.45) is 0 Å². The van der Waals surface area contributed by atoms with Crippen LogP contribution in [-0.4, -0.2) is 37.0 Å². The van der Waals surface area contributed by atoms with E-state index in [0.29, 0.717) is 0 Å². The topological polar surface area (TPSA) is 6.48 Å². The zero-order chi connectivity index (χ0) is 12.0. The molecule has 0 aliphatic heterocycles. The van der Waals surface area contributed by atoms with Gasteiger partial charge in [0.2, 0.25) is 0 Å². The molecule has 0 atom stereocenters. The Morgan fingerprint density at radius 3 is 1.81 bits per heavy atom. The lowest BCUT2D eigenvalue weighted by Gasteiger charge is -2.21. The average molecular weight is 220 g/mol. The fourth-order valence-electron chi connectivity index (χ4n) is 1.89. The van der Waals surface area contributed by atoms with E-state index in [1.807, 2.05) is 0 Å². The van der Waals surface area contributed by atoms with Gasteiger partial charge in [0.05, 0.1) is 0 Å². The molecular formula is C14H24N2. The fraction of sp³-hybridized carbons (Fsp3) is 0.571. The van der Waals surface area contributed by atoms with Gasteiger partial charge < -0.3 is 4.90 Å². The van der Waals surface area contributed by atoms with Crippen molar-refractivity contribution in [1.82, 2.24) is 9.80 Å². The van der Waals surface area contributed by atoms with Crippen LogP contribution in [0.25, 0.3) is 0 Å². The van der Waals surface area contributed by atoms with Crippen molar-refractivity contribution in [2.45, 2.75) is 26.9 Å². The number of hydrogen-bond acceptors (Lipinski definition) is 2. The van der Waals surface area contributed by atoms with Crippen LogP contribution in [0.3, 0.4) is 0 Å². The molecule has 0 heterocycles. The van der Waals surface area contributed by atoms with Gasteiger partial charge in [0.1, 0.15) is 0 Å². The van der Waals surface area contributed by atoms with Crippen molar-refractivity contribution < 1.29 is 0 Å². The van der Waals surface area contributed by atoms with Crippen LogP contribution < -0.4 is 0 Å². The molecule has 0 amide bonds. The molecule has 0 spiro atoms. The number of nitrogens with zero attached hydrogens (tertiary/aromatic N) is 2. The van der Waals surface area contributed by atoms with Gasteiger partial charge in [-0.15, -0.1) is 0 Å². The van der Waals surface area contributed by atoms with Crippen molar-refractivity contribution in [3.05, 3.63) is 35.4 Å². The highest BCUT2D eigenvalue weighted by Crippen LogP contribution is 2.13. The van der Waals surface area contributed by atoms with Gasteiger partial charge in [-0.1, -0.05) is 38.1 Å². The van der Waals surface area contributed by atoms with Gasteiger partial charge in [0.15, 0.2) is 0 Å². The Balaban J connectivity index is 2.77. The van der Waals surface area contributed by atoms with Gasteiger partial charge in [-0.05, 0) is 38.3 Å². The molecule has 1 aromatic rings. The van der Waals surface area contributed by atoms with E-state index in [1.54, 1.807) is 0 Å². The normalized spacial score (nSPS) is 11.4. The Kier molecular flexibility index (Phi) is 5.50. The standard InChI is InChI=1S/C14H24N2/c1-5-16(6-2)12-14-10-8-7-9-13(14)11-15(3)4/h7-10H,5-6,11-12H2,1-4H3. The Morgan fingerprint density at radius 2 is 1.38 bits per heavy atom. The molecule has 1 aromatic carbocycles. The van der Waals surface area contributed by atoms with Gasteiger partial charge in [0, 0.05) is 13.1 Å². The first-order chi connectivity index (χ1) is 7.67. The summed E-state index contributed by atoms with van der Waals surface area (Å²) < 4.78 is 0. The van der Waals surface area contributed by atoms with Gasteiger partial charge in [0.25, 0.3) is 0 Å². The SMILES string of the molecule is CCN(CC)Cc1ccccc1CN(C)C. The van der Waals surface area contributed by atoms with Crippen LogP contribution in [0.1, 0.15) is 25.0 Å². The summed E-state index contributed by atoms with van der Waals surface area (Å²) in [6.07, 6.45) is 0. The Labute approximate surface area is 99.9 Å². The summed E-state index contributed by atoms with van der Waals surface area (Å²) in [6, 6.07) is 8.75. The van der Waals surface area contributed by atoms with E-state index < -0.39 is 0 Å². The lowest BCUT2D eigenvalue weighted by atomic mass is 10.1. The molecule has 2 heteroatoms. The maximum Gasteiger partial charge on any atom is 0.0236 e. The smallest absolute Gasteiger partial charge is 0.0236 e. The van der Waals surface area contributed by atoms with Crippen LogP contribution in [0.4, 0.5) is 0 Å². The van der Waals surface area contributed by atoms with Crippen molar-refractivity contribution in [1.29, 1.82) is 0 Å². The summed E-state index contributed by atoms with van der Waals surface area (Å²) in [4.78, 5) is 4.68. The summed E-state index contributed by atoms with van der Waals surface area (Å²) in [5.74, 6) is 0. The summed E-state index contributed by atoms with van der Waals surface area (Å²) in [7, 11) is 4.24. The monoisotopic (exact) mass is 220 g/mol. The van der Waals surface area contributed by atoms with Crippen molar-refractivity contribution in [3.8, 4) is 0 Å². The molecule has 0 saturated carbocycles. The van der Waals surface area contributed by atoms with Crippen molar-refractivity contribution in [3.63, 3.8) is 0 Å². The second kappa shape index (κ2) is 6.66. The Morgan fingerprint density at radius 1 is 0.875 bits per heavy atom. The summed E-state index contributed by atoms with van der Waals surface area (Å²) in [5.41, 5.74) is 2.90. The molecule has 2 nitrogen and oxygen atoms in total. The van der Waals surface area contributed by atoms with E-state index in [9.17, 15) is 0 Å². The summed E-state index contributed by atoms with van der Waals surface area (Å²) >= 11 is 0. The van der Waals surface area contributed by atoms with Gasteiger partial charge in [-0.25, -0.2) is 0 Å². The third-order valence-electron chi connectivity index (χ3n) is 2.89. The minimum atomic E-state index is 1.03. The molecule has 0 radical (unpaired) electrons. The predicted molar refractivity (Wildman–Crippen MR) is 70.5 cm³/mol. The first-order valence-corrected chi connectivity index (χ1v) is 6.11. The summed E-state index contributed by atoms with van der Waals surface area (Å²) in [5, 5.41) is 0. The van der Waals surface area contributed by atoms with Crippen LogP contribution >= 0.6 is 0 Å². The van der Waals surface area contributed by atoms with Gasteiger partial charge in [-0.3, -0.25) is 4.90 Å². The van der Waals surface area contributed by atoms with Crippen LogP contribution in [0.2, 0.25) is 0 Å². The maximum absolute atomic E-state index is 2.45. The molecule has 0 unspecified atom stereocenters. The Hall–Kier alpha value is -0.860. The zero-order valence-corrected chi connectivity index (χ0v) is 11.0. The van der Waals surface area contributed by atoms with Gasteiger partial charge >= 0.3 is 0 Å². The van der Waals surface area contributed by atoms with E-state index in [4.69, 9.17) is 0 Å². The van der Waals surface area contributed by atoms with Crippen LogP contribution in [0.15, 0.2) is 24.3 Å². The molecule has 0 aromatic heterocycles. The third kappa shape index (κ3) is 3.95. The molecule has 0 fully saturated rings. The molecule has 0 saturated heterocycles. The molecule has 16 heavy (non-hydrogen) atoms. The molecule has 0 aliphatic rings.